The lowest BCUT2D eigenvalue weighted by Gasteiger charge is -2.24. The van der Waals surface area contributed by atoms with Crippen LogP contribution in [0.15, 0.2) is 42.5 Å². The van der Waals surface area contributed by atoms with E-state index in [1.807, 2.05) is 134 Å². The number of hydrogen-bond donors (Lipinski definition) is 11. The summed E-state index contributed by atoms with van der Waals surface area (Å²) in [6.45, 7) is 62.0. The number of aliphatic hydroxyl groups is 1. The highest BCUT2D eigenvalue weighted by Gasteiger charge is 2.11. The molecule has 1 aromatic carbocycles. The van der Waals surface area contributed by atoms with Crippen LogP contribution in [-0.4, -0.2) is 138 Å². The van der Waals surface area contributed by atoms with Gasteiger partial charge in [-0.3, -0.25) is 4.79 Å². The normalized spacial score (nSPS) is 6.55. The Kier molecular flexibility index (Phi) is 945. The Hall–Kier alpha value is -5.31. The SMILES string of the molecule is C=C(C)C.C=O.C=O.C=O.C=O.C=O.C=O.C=O.C=O.C=O.C=O.CC.CC.CC.CC(=O)N1CCCCC1.CC(C)O.CCC(C)C.CCC(C)C.CCc1ccccc1.CN.CN.CN.CN.CN.N.N.N.N.N. The molecule has 0 spiro atoms. The Morgan fingerprint density at radius 1 is 0.447 bits per heavy atom. The number of carbonyl (C=O) groups excluding carboxylic acids is 11. The van der Waals surface area contributed by atoms with E-state index in [0.717, 1.165) is 31.3 Å². The summed E-state index contributed by atoms with van der Waals surface area (Å²) in [7, 11) is 7.50. The summed E-state index contributed by atoms with van der Waals surface area (Å²) in [5.41, 5.74) is 25.1. The predicted octanol–water partition coefficient (Wildman–Crippen LogP) is 9.26. The lowest BCUT2D eigenvalue weighted by Crippen LogP contribution is -2.33. The molecule has 26 N–H and O–H groups in total. The Balaban J connectivity index is -0.0000000135. The molecule has 1 saturated heterocycles. The van der Waals surface area contributed by atoms with Gasteiger partial charge in [0.2, 0.25) is 5.91 Å². The first-order chi connectivity index (χ1) is 34.2. The summed E-state index contributed by atoms with van der Waals surface area (Å²) in [5.74, 6) is 2.00. The highest BCUT2D eigenvalue weighted by molar-refractivity contribution is 5.73. The van der Waals surface area contributed by atoms with Gasteiger partial charge in [-0.05, 0) is 106 Å². The van der Waals surface area contributed by atoms with Crippen molar-refractivity contribution in [2.45, 2.75) is 169 Å². The van der Waals surface area contributed by atoms with Crippen molar-refractivity contribution in [1.82, 2.24) is 35.7 Å². The Bertz CT molecular complexity index is 713. The number of benzene rings is 1. The number of aliphatic hydroxyl groups excluding tert-OH is 1. The molecular formula is C53H141N11O12. The molecule has 23 heteroatoms. The van der Waals surface area contributed by atoms with E-state index in [0.29, 0.717) is 0 Å². The van der Waals surface area contributed by atoms with E-state index in [9.17, 15) is 4.79 Å². The number of carbonyl (C=O) groups is 11. The number of piperidine rings is 1. The molecule has 1 aliphatic rings. The summed E-state index contributed by atoms with van der Waals surface area (Å²) >= 11 is 0. The number of nitrogens with two attached hydrogens (primary N) is 5. The van der Waals surface area contributed by atoms with Gasteiger partial charge < -0.3 is 117 Å². The van der Waals surface area contributed by atoms with Gasteiger partial charge in [0.1, 0.15) is 67.9 Å². The quantitative estimate of drug-likeness (QED) is 0.126. The van der Waals surface area contributed by atoms with Crippen molar-refractivity contribution in [3.05, 3.63) is 48.0 Å². The number of amides is 1. The third-order valence-electron chi connectivity index (χ3n) is 4.69. The highest BCUT2D eigenvalue weighted by Crippen LogP contribution is 2.07. The maximum atomic E-state index is 10.7. The maximum Gasteiger partial charge on any atom is 0.219 e. The second-order valence-electron chi connectivity index (χ2n) is 10.3. The van der Waals surface area contributed by atoms with Crippen LogP contribution in [0, 0.1) is 11.8 Å². The van der Waals surface area contributed by atoms with Crippen molar-refractivity contribution in [1.29, 1.82) is 0 Å². The third kappa shape index (κ3) is 735. The molecule has 1 fully saturated rings. The van der Waals surface area contributed by atoms with Crippen molar-refractivity contribution in [3.63, 3.8) is 0 Å². The second kappa shape index (κ2) is 399. The van der Waals surface area contributed by atoms with Gasteiger partial charge in [-0.15, -0.1) is 6.58 Å². The fourth-order valence-corrected chi connectivity index (χ4v) is 1.92. The number of rotatable bonds is 3. The lowest BCUT2D eigenvalue weighted by atomic mass is 10.1. The monoisotopic (exact) mass is 1120 g/mol. The number of aryl methyl sites for hydroxylation is 1. The molecule has 480 valence electrons. The second-order valence-corrected chi connectivity index (χ2v) is 10.3. The van der Waals surface area contributed by atoms with E-state index in [-0.39, 0.29) is 42.8 Å². The average molecular weight is 1120 g/mol. The fraction of sp³-hybridized carbons (Fsp3) is 0.642. The van der Waals surface area contributed by atoms with Gasteiger partial charge >= 0.3 is 0 Å². The van der Waals surface area contributed by atoms with Gasteiger partial charge in [0, 0.05) is 26.1 Å². The number of allylic oxidation sites excluding steroid dienone is 1. The van der Waals surface area contributed by atoms with E-state index in [2.05, 4.69) is 108 Å². The van der Waals surface area contributed by atoms with E-state index < -0.39 is 0 Å². The first-order valence-corrected chi connectivity index (χ1v) is 22.6. The van der Waals surface area contributed by atoms with Crippen LogP contribution in [0.1, 0.15) is 162 Å². The smallest absolute Gasteiger partial charge is 0.219 e. The molecule has 1 heterocycles. The van der Waals surface area contributed by atoms with Gasteiger partial charge in [0.05, 0.1) is 0 Å². The standard InChI is InChI=1S/C8H10.C7H13NO.2C5H12.C4H8.C3H8O.3C2H6.5CH5N.10CH2O.5H3N/c1-2-8-6-4-3-5-7-8;1-7(9)8-5-3-2-4-6-8;2*1-4-5(2)3;1-4(2)3;1-3(2)4;18*1-2;;;;;/h3-7H,2H2,1H3;2-6H2,1H3;2*5H,4H2,1-3H3;1H2,2-3H3;3-4H,1-2H3;3*1-2H3;5*2H2,1H3;10*1H2;5*1H3. The molecule has 0 atom stereocenters. The molecule has 1 amide bonds. The Morgan fingerprint density at radius 3 is 0.671 bits per heavy atom. The van der Waals surface area contributed by atoms with E-state index >= 15 is 0 Å². The van der Waals surface area contributed by atoms with Gasteiger partial charge in [-0.1, -0.05) is 139 Å². The molecule has 0 saturated carbocycles. The zero-order valence-corrected chi connectivity index (χ0v) is 54.4. The maximum absolute atomic E-state index is 10.7. The minimum absolute atomic E-state index is 0. The summed E-state index contributed by atoms with van der Waals surface area (Å²) in [5, 5.41) is 8.06. The largest absolute Gasteiger partial charge is 0.394 e. The molecule has 1 aliphatic heterocycles. The number of nitrogens with zero attached hydrogens (tertiary/aromatic N) is 1. The van der Waals surface area contributed by atoms with Crippen LogP contribution in [0.25, 0.3) is 0 Å². The van der Waals surface area contributed by atoms with Gasteiger partial charge in [0.25, 0.3) is 0 Å². The van der Waals surface area contributed by atoms with Crippen LogP contribution in [-0.2, 0) is 59.2 Å². The Labute approximate surface area is 472 Å². The molecule has 76 heavy (non-hydrogen) atoms. The number of likely N-dealkylation sites (tertiary alicyclic amines) is 1. The first kappa shape index (κ1) is 180. The summed E-state index contributed by atoms with van der Waals surface area (Å²) in [6, 6.07) is 10.5. The van der Waals surface area contributed by atoms with E-state index in [1.165, 1.54) is 78.5 Å². The van der Waals surface area contributed by atoms with Crippen molar-refractivity contribution in [3.8, 4) is 0 Å². The highest BCUT2D eigenvalue weighted by atomic mass is 16.3. The lowest BCUT2D eigenvalue weighted by molar-refractivity contribution is -0.129. The van der Waals surface area contributed by atoms with Gasteiger partial charge in [-0.25, -0.2) is 0 Å². The third-order valence-corrected chi connectivity index (χ3v) is 4.69. The Morgan fingerprint density at radius 2 is 0.592 bits per heavy atom. The molecular weight excluding hydrogens is 983 g/mol. The van der Waals surface area contributed by atoms with Crippen molar-refractivity contribution in [2.75, 3.05) is 48.3 Å². The summed E-state index contributed by atoms with van der Waals surface area (Å²) in [4.78, 5) is 92.6. The molecule has 2 rings (SSSR count). The van der Waals surface area contributed by atoms with Crippen LogP contribution < -0.4 is 59.4 Å². The zero-order valence-electron chi connectivity index (χ0n) is 54.4. The molecule has 0 aromatic heterocycles. The van der Waals surface area contributed by atoms with Crippen LogP contribution in [0.5, 0.6) is 0 Å². The molecule has 0 unspecified atom stereocenters. The average Bonchev–Trinajstić information content (AvgIpc) is 3.49. The molecule has 0 radical (unpaired) electrons. The van der Waals surface area contributed by atoms with Gasteiger partial charge in [-0.2, -0.15) is 0 Å². The van der Waals surface area contributed by atoms with E-state index in [1.54, 1.807) is 20.8 Å². The molecule has 1 aromatic rings. The van der Waals surface area contributed by atoms with Crippen molar-refractivity contribution >= 4 is 73.8 Å². The van der Waals surface area contributed by atoms with Crippen LogP contribution in [0.2, 0.25) is 0 Å². The molecule has 0 bridgehead atoms. The predicted molar refractivity (Wildman–Crippen MR) is 341 cm³/mol. The van der Waals surface area contributed by atoms with E-state index in [4.69, 9.17) is 53.1 Å². The van der Waals surface area contributed by atoms with Crippen LogP contribution >= 0.6 is 0 Å². The minimum atomic E-state index is -0.167. The summed E-state index contributed by atoms with van der Waals surface area (Å²) in [6.07, 6.45) is 7.27. The van der Waals surface area contributed by atoms with Crippen LogP contribution in [0.4, 0.5) is 0 Å². The fourth-order valence-electron chi connectivity index (χ4n) is 1.92. The topological polar surface area (TPSA) is 516 Å². The van der Waals surface area contributed by atoms with Crippen LogP contribution in [0.3, 0.4) is 0 Å². The molecule has 23 nitrogen and oxygen atoms in total. The van der Waals surface area contributed by atoms with Gasteiger partial charge in [0.15, 0.2) is 0 Å². The van der Waals surface area contributed by atoms with Crippen molar-refractivity contribution in [2.24, 2.45) is 40.5 Å². The molecule has 0 aliphatic carbocycles. The number of hydrogen-bond acceptors (Lipinski definition) is 22. The zero-order chi connectivity index (χ0) is 64.2. The first-order valence-electron chi connectivity index (χ1n) is 22.6. The summed E-state index contributed by atoms with van der Waals surface area (Å²) < 4.78 is 0. The minimum Gasteiger partial charge on any atom is -0.394 e. The van der Waals surface area contributed by atoms with Crippen molar-refractivity contribution < 1.29 is 57.8 Å².